The van der Waals surface area contributed by atoms with Crippen LogP contribution in [0.2, 0.25) is 0 Å². The van der Waals surface area contributed by atoms with Crippen molar-refractivity contribution in [3.63, 3.8) is 0 Å². The minimum absolute atomic E-state index is 0.0446. The molecule has 108 valence electrons. The molecular weight excluding hydrogens is 244 g/mol. The highest BCUT2D eigenvalue weighted by atomic mass is 16.2. The molecule has 2 bridgehead atoms. The molecule has 2 unspecified atom stereocenters. The first kappa shape index (κ1) is 14.3. The summed E-state index contributed by atoms with van der Waals surface area (Å²) in [6.07, 6.45) is 3.64. The third-order valence-corrected chi connectivity index (χ3v) is 3.80. The van der Waals surface area contributed by atoms with Crippen LogP contribution in [-0.2, 0) is 9.59 Å². The van der Waals surface area contributed by atoms with Crippen molar-refractivity contribution in [3.05, 3.63) is 0 Å². The monoisotopic (exact) mass is 268 g/mol. The zero-order valence-electron chi connectivity index (χ0n) is 11.6. The lowest BCUT2D eigenvalue weighted by atomic mass is 10.1. The molecule has 2 aliphatic rings. The van der Waals surface area contributed by atoms with E-state index in [0.717, 1.165) is 19.5 Å². The van der Waals surface area contributed by atoms with Crippen LogP contribution in [0.5, 0.6) is 0 Å². The van der Waals surface area contributed by atoms with E-state index in [4.69, 9.17) is 0 Å². The molecule has 2 aliphatic heterocycles. The summed E-state index contributed by atoms with van der Waals surface area (Å²) in [4.78, 5) is 24.7. The van der Waals surface area contributed by atoms with Crippen LogP contribution in [0.25, 0.3) is 0 Å². The van der Waals surface area contributed by atoms with Gasteiger partial charge in [0.05, 0.1) is 6.54 Å². The number of amides is 2. The largest absolute Gasteiger partial charge is 0.355 e. The van der Waals surface area contributed by atoms with Crippen molar-refractivity contribution in [1.82, 2.24) is 20.9 Å². The van der Waals surface area contributed by atoms with Crippen LogP contribution in [0.1, 0.15) is 26.2 Å². The summed E-state index contributed by atoms with van der Waals surface area (Å²) in [6, 6.07) is 1.21. The molecule has 6 heteroatoms. The predicted octanol–water partition coefficient (Wildman–Crippen LogP) is -0.935. The van der Waals surface area contributed by atoms with Gasteiger partial charge in [-0.3, -0.25) is 14.5 Å². The number of hydrogen-bond acceptors (Lipinski definition) is 4. The van der Waals surface area contributed by atoms with Gasteiger partial charge in [-0.05, 0) is 19.3 Å². The van der Waals surface area contributed by atoms with Crippen molar-refractivity contribution in [2.24, 2.45) is 0 Å². The van der Waals surface area contributed by atoms with Crippen molar-refractivity contribution in [2.45, 2.75) is 38.3 Å². The van der Waals surface area contributed by atoms with Crippen molar-refractivity contribution in [1.29, 1.82) is 0 Å². The average molecular weight is 268 g/mol. The summed E-state index contributed by atoms with van der Waals surface area (Å²) < 4.78 is 0. The summed E-state index contributed by atoms with van der Waals surface area (Å²) in [7, 11) is 0. The molecule has 2 heterocycles. The highest BCUT2D eigenvalue weighted by Gasteiger charge is 2.29. The second kappa shape index (κ2) is 6.86. The molecule has 2 amide bonds. The SMILES string of the molecule is CC(=O)NCCNC(=O)CN1CCC2CCC(C1)N2. The summed E-state index contributed by atoms with van der Waals surface area (Å²) in [5.74, 6) is -0.0213. The van der Waals surface area contributed by atoms with Crippen molar-refractivity contribution in [3.8, 4) is 0 Å². The number of fused-ring (bicyclic) bond motifs is 2. The fourth-order valence-corrected chi connectivity index (χ4v) is 2.86. The van der Waals surface area contributed by atoms with Gasteiger partial charge in [-0.15, -0.1) is 0 Å². The fraction of sp³-hybridized carbons (Fsp3) is 0.846. The molecule has 0 radical (unpaired) electrons. The Morgan fingerprint density at radius 1 is 1.16 bits per heavy atom. The number of hydrogen-bond donors (Lipinski definition) is 3. The zero-order chi connectivity index (χ0) is 13.7. The second-order valence-corrected chi connectivity index (χ2v) is 5.49. The molecule has 0 aromatic heterocycles. The minimum Gasteiger partial charge on any atom is -0.355 e. The highest BCUT2D eigenvalue weighted by molar-refractivity contribution is 5.78. The number of nitrogens with one attached hydrogen (secondary N) is 3. The molecule has 0 aliphatic carbocycles. The summed E-state index contributed by atoms with van der Waals surface area (Å²) in [5, 5.41) is 9.09. The van der Waals surface area contributed by atoms with E-state index in [1.54, 1.807) is 0 Å². The smallest absolute Gasteiger partial charge is 0.234 e. The van der Waals surface area contributed by atoms with E-state index >= 15 is 0 Å². The third-order valence-electron chi connectivity index (χ3n) is 3.80. The third kappa shape index (κ3) is 4.80. The first-order valence-corrected chi connectivity index (χ1v) is 7.13. The predicted molar refractivity (Wildman–Crippen MR) is 72.7 cm³/mol. The van der Waals surface area contributed by atoms with Gasteiger partial charge in [0.15, 0.2) is 0 Å². The number of carbonyl (C=O) groups excluding carboxylic acids is 2. The second-order valence-electron chi connectivity index (χ2n) is 5.49. The van der Waals surface area contributed by atoms with Gasteiger partial charge in [0.1, 0.15) is 0 Å². The van der Waals surface area contributed by atoms with E-state index in [-0.39, 0.29) is 11.8 Å². The minimum atomic E-state index is -0.0659. The molecule has 19 heavy (non-hydrogen) atoms. The Kier molecular flexibility index (Phi) is 5.15. The number of rotatable bonds is 5. The number of nitrogens with zero attached hydrogens (tertiary/aromatic N) is 1. The highest BCUT2D eigenvalue weighted by Crippen LogP contribution is 2.19. The zero-order valence-corrected chi connectivity index (χ0v) is 11.6. The standard InChI is InChI=1S/C13H24N4O2/c1-10(18)14-5-6-15-13(19)9-17-7-4-11-2-3-12(8-17)16-11/h11-12,16H,2-9H2,1H3,(H,14,18)(H,15,19). The van der Waals surface area contributed by atoms with Crippen LogP contribution in [0.4, 0.5) is 0 Å². The maximum Gasteiger partial charge on any atom is 0.234 e. The lowest BCUT2D eigenvalue weighted by Crippen LogP contribution is -2.43. The molecule has 3 N–H and O–H groups in total. The molecule has 0 spiro atoms. The van der Waals surface area contributed by atoms with Crippen LogP contribution in [0.3, 0.4) is 0 Å². The molecule has 2 rings (SSSR count). The average Bonchev–Trinajstić information content (AvgIpc) is 2.68. The van der Waals surface area contributed by atoms with Gasteiger partial charge >= 0.3 is 0 Å². The Bertz CT molecular complexity index is 335. The maximum atomic E-state index is 11.8. The van der Waals surface area contributed by atoms with Crippen LogP contribution < -0.4 is 16.0 Å². The first-order chi connectivity index (χ1) is 9.13. The molecular formula is C13H24N4O2. The first-order valence-electron chi connectivity index (χ1n) is 7.13. The van der Waals surface area contributed by atoms with Crippen LogP contribution in [0, 0.1) is 0 Å². The lowest BCUT2D eigenvalue weighted by molar-refractivity contribution is -0.123. The quantitative estimate of drug-likeness (QED) is 0.563. The van der Waals surface area contributed by atoms with Gasteiger partial charge in [-0.2, -0.15) is 0 Å². The Labute approximate surface area is 114 Å². The van der Waals surface area contributed by atoms with E-state index in [1.807, 2.05) is 0 Å². The number of likely N-dealkylation sites (tertiary alicyclic amines) is 1. The van der Waals surface area contributed by atoms with Gasteiger partial charge < -0.3 is 16.0 Å². The van der Waals surface area contributed by atoms with E-state index in [0.29, 0.717) is 31.7 Å². The van der Waals surface area contributed by atoms with Crippen molar-refractivity contribution in [2.75, 3.05) is 32.7 Å². The molecule has 2 fully saturated rings. The summed E-state index contributed by atoms with van der Waals surface area (Å²) in [6.45, 7) is 4.89. The van der Waals surface area contributed by atoms with Gasteiger partial charge in [-0.1, -0.05) is 0 Å². The van der Waals surface area contributed by atoms with Gasteiger partial charge in [0.25, 0.3) is 0 Å². The molecule has 2 atom stereocenters. The Morgan fingerprint density at radius 3 is 2.68 bits per heavy atom. The Balaban J connectivity index is 1.63. The fourth-order valence-electron chi connectivity index (χ4n) is 2.86. The maximum absolute atomic E-state index is 11.8. The summed E-state index contributed by atoms with van der Waals surface area (Å²) in [5.41, 5.74) is 0. The van der Waals surface area contributed by atoms with E-state index < -0.39 is 0 Å². The van der Waals surface area contributed by atoms with Crippen LogP contribution in [0.15, 0.2) is 0 Å². The Hall–Kier alpha value is -1.14. The van der Waals surface area contributed by atoms with Crippen molar-refractivity contribution >= 4 is 11.8 Å². The van der Waals surface area contributed by atoms with E-state index in [1.165, 1.54) is 19.8 Å². The Morgan fingerprint density at radius 2 is 1.89 bits per heavy atom. The molecule has 0 aromatic rings. The molecule has 6 nitrogen and oxygen atoms in total. The normalized spacial score (nSPS) is 26.8. The van der Waals surface area contributed by atoms with Gasteiger partial charge in [-0.25, -0.2) is 0 Å². The van der Waals surface area contributed by atoms with Gasteiger partial charge in [0.2, 0.25) is 11.8 Å². The summed E-state index contributed by atoms with van der Waals surface area (Å²) >= 11 is 0. The molecule has 2 saturated heterocycles. The van der Waals surface area contributed by atoms with Gasteiger partial charge in [0, 0.05) is 45.2 Å². The lowest BCUT2D eigenvalue weighted by Gasteiger charge is -2.23. The molecule has 0 aromatic carbocycles. The van der Waals surface area contributed by atoms with E-state index in [9.17, 15) is 9.59 Å². The van der Waals surface area contributed by atoms with E-state index in [2.05, 4.69) is 20.9 Å². The van der Waals surface area contributed by atoms with Crippen molar-refractivity contribution < 1.29 is 9.59 Å². The van der Waals surface area contributed by atoms with Crippen LogP contribution >= 0.6 is 0 Å². The topological polar surface area (TPSA) is 73.5 Å². The number of carbonyl (C=O) groups is 2. The van der Waals surface area contributed by atoms with Crippen LogP contribution in [-0.4, -0.2) is 61.5 Å². The molecule has 0 saturated carbocycles.